The fraction of sp³-hybridized carbons (Fsp3) is 0.381. The number of carbonyl (C=O) groups excluding carboxylic acids is 2. The van der Waals surface area contributed by atoms with Crippen LogP contribution in [0.15, 0.2) is 36.5 Å². The largest absolute Gasteiger partial charge is 0.328 e. The van der Waals surface area contributed by atoms with Crippen molar-refractivity contribution in [3.63, 3.8) is 0 Å². The summed E-state index contributed by atoms with van der Waals surface area (Å²) in [5.41, 5.74) is 2.01. The second-order valence-electron chi connectivity index (χ2n) is 7.81. The van der Waals surface area contributed by atoms with E-state index < -0.39 is 0 Å². The van der Waals surface area contributed by atoms with Crippen molar-refractivity contribution in [2.24, 2.45) is 0 Å². The fourth-order valence-corrected chi connectivity index (χ4v) is 3.26. The zero-order valence-corrected chi connectivity index (χ0v) is 16.0. The number of nitrogens with zero attached hydrogens (tertiary/aromatic N) is 3. The molecule has 0 atom stereocenters. The van der Waals surface area contributed by atoms with Crippen LogP contribution in [0.1, 0.15) is 44.7 Å². The number of rotatable bonds is 4. The molecule has 27 heavy (non-hydrogen) atoms. The molecule has 0 saturated carbocycles. The molecule has 0 spiro atoms. The van der Waals surface area contributed by atoms with Crippen molar-refractivity contribution in [1.29, 1.82) is 5.26 Å². The Balaban J connectivity index is 1.69. The maximum Gasteiger partial charge on any atom is 0.229 e. The monoisotopic (exact) mass is 364 g/mol. The maximum atomic E-state index is 12.5. The highest BCUT2D eigenvalue weighted by Gasteiger charge is 2.22. The highest BCUT2D eigenvalue weighted by atomic mass is 16.2. The minimum atomic E-state index is -0.248. The number of carbonyl (C=O) groups is 2. The quantitative estimate of drug-likeness (QED) is 0.903. The van der Waals surface area contributed by atoms with Gasteiger partial charge in [0.05, 0.1) is 12.0 Å². The molecule has 3 rings (SSSR count). The minimum Gasteiger partial charge on any atom is -0.328 e. The summed E-state index contributed by atoms with van der Waals surface area (Å²) < 4.78 is 1.89. The highest BCUT2D eigenvalue weighted by Crippen LogP contribution is 2.25. The first-order valence-corrected chi connectivity index (χ1v) is 9.10. The first-order chi connectivity index (χ1) is 12.8. The van der Waals surface area contributed by atoms with Gasteiger partial charge in [0.15, 0.2) is 0 Å². The molecule has 0 aliphatic carbocycles. The summed E-state index contributed by atoms with van der Waals surface area (Å²) >= 11 is 0. The predicted octanol–water partition coefficient (Wildman–Crippen LogP) is 3.42. The SMILES string of the molecule is CC(C)(C)n1cc(C#N)cc1NC(=O)Cc1ccc(N2CCCC2=O)cc1. The summed E-state index contributed by atoms with van der Waals surface area (Å²) in [5.74, 6) is 0.619. The molecule has 1 aromatic heterocycles. The van der Waals surface area contributed by atoms with E-state index in [0.29, 0.717) is 17.8 Å². The van der Waals surface area contributed by atoms with Crippen molar-refractivity contribution >= 4 is 23.3 Å². The molecule has 1 aliphatic heterocycles. The van der Waals surface area contributed by atoms with E-state index in [2.05, 4.69) is 11.4 Å². The maximum absolute atomic E-state index is 12.5. The van der Waals surface area contributed by atoms with Gasteiger partial charge in [0.2, 0.25) is 11.8 Å². The van der Waals surface area contributed by atoms with Gasteiger partial charge in [-0.25, -0.2) is 0 Å². The Hall–Kier alpha value is -3.07. The van der Waals surface area contributed by atoms with E-state index in [-0.39, 0.29) is 23.8 Å². The van der Waals surface area contributed by atoms with Crippen molar-refractivity contribution in [3.8, 4) is 6.07 Å². The summed E-state index contributed by atoms with van der Waals surface area (Å²) in [6.07, 6.45) is 3.46. The molecule has 0 bridgehead atoms. The lowest BCUT2D eigenvalue weighted by Crippen LogP contribution is -2.25. The lowest BCUT2D eigenvalue weighted by Gasteiger charge is -2.24. The van der Waals surface area contributed by atoms with Crippen LogP contribution in [0, 0.1) is 11.3 Å². The Kier molecular flexibility index (Phi) is 5.04. The van der Waals surface area contributed by atoms with Gasteiger partial charge in [0.25, 0.3) is 0 Å². The van der Waals surface area contributed by atoms with Crippen molar-refractivity contribution in [2.45, 2.75) is 45.6 Å². The van der Waals surface area contributed by atoms with E-state index in [1.165, 1.54) is 0 Å². The molecular weight excluding hydrogens is 340 g/mol. The molecule has 2 amide bonds. The Morgan fingerprint density at radius 3 is 2.52 bits per heavy atom. The van der Waals surface area contributed by atoms with Crippen LogP contribution in [-0.4, -0.2) is 22.9 Å². The molecule has 1 saturated heterocycles. The number of nitrogens with one attached hydrogen (secondary N) is 1. The van der Waals surface area contributed by atoms with E-state index in [9.17, 15) is 9.59 Å². The van der Waals surface area contributed by atoms with E-state index in [4.69, 9.17) is 5.26 Å². The van der Waals surface area contributed by atoms with Gasteiger partial charge in [-0.3, -0.25) is 9.59 Å². The Morgan fingerprint density at radius 1 is 1.26 bits per heavy atom. The van der Waals surface area contributed by atoms with E-state index in [1.54, 1.807) is 17.2 Å². The fourth-order valence-electron chi connectivity index (χ4n) is 3.26. The van der Waals surface area contributed by atoms with Crippen molar-refractivity contribution < 1.29 is 9.59 Å². The van der Waals surface area contributed by atoms with Gasteiger partial charge in [-0.2, -0.15) is 5.26 Å². The van der Waals surface area contributed by atoms with Gasteiger partial charge in [0, 0.05) is 30.4 Å². The normalized spacial score (nSPS) is 14.3. The Bertz CT molecular complexity index is 898. The Labute approximate surface area is 159 Å². The third-order valence-electron chi connectivity index (χ3n) is 4.63. The summed E-state index contributed by atoms with van der Waals surface area (Å²) in [4.78, 5) is 26.1. The van der Waals surface area contributed by atoms with Gasteiger partial charge in [-0.05, 0) is 51.0 Å². The van der Waals surface area contributed by atoms with E-state index in [1.807, 2.05) is 49.6 Å². The van der Waals surface area contributed by atoms with E-state index >= 15 is 0 Å². The van der Waals surface area contributed by atoms with Crippen LogP contribution in [0.4, 0.5) is 11.5 Å². The lowest BCUT2D eigenvalue weighted by molar-refractivity contribution is -0.117. The summed E-state index contributed by atoms with van der Waals surface area (Å²) in [5, 5.41) is 12.0. The molecule has 1 aliphatic rings. The minimum absolute atomic E-state index is 0.145. The third-order valence-corrected chi connectivity index (χ3v) is 4.63. The molecular formula is C21H24N4O2. The number of amides is 2. The smallest absolute Gasteiger partial charge is 0.229 e. The lowest BCUT2D eigenvalue weighted by atomic mass is 10.1. The molecule has 0 unspecified atom stereocenters. The number of anilines is 2. The van der Waals surface area contributed by atoms with Gasteiger partial charge in [0.1, 0.15) is 11.9 Å². The average molecular weight is 364 g/mol. The van der Waals surface area contributed by atoms with E-state index in [0.717, 1.165) is 24.2 Å². The molecule has 140 valence electrons. The first-order valence-electron chi connectivity index (χ1n) is 9.10. The van der Waals surface area contributed by atoms with Crippen LogP contribution < -0.4 is 10.2 Å². The molecule has 1 fully saturated rings. The van der Waals surface area contributed by atoms with Gasteiger partial charge in [-0.1, -0.05) is 12.1 Å². The number of hydrogen-bond acceptors (Lipinski definition) is 3. The predicted molar refractivity (Wildman–Crippen MR) is 105 cm³/mol. The molecule has 1 aromatic carbocycles. The molecule has 6 heteroatoms. The first kappa shape index (κ1) is 18.7. The second-order valence-corrected chi connectivity index (χ2v) is 7.81. The van der Waals surface area contributed by atoms with Crippen LogP contribution >= 0.6 is 0 Å². The van der Waals surface area contributed by atoms with Crippen LogP contribution in [0.3, 0.4) is 0 Å². The second kappa shape index (κ2) is 7.28. The number of hydrogen-bond donors (Lipinski definition) is 1. The third kappa shape index (κ3) is 4.20. The van der Waals surface area contributed by atoms with Crippen LogP contribution in [0.25, 0.3) is 0 Å². The summed E-state index contributed by atoms with van der Waals surface area (Å²) in [6.45, 7) is 6.80. The Morgan fingerprint density at radius 2 is 1.96 bits per heavy atom. The topological polar surface area (TPSA) is 78.1 Å². The zero-order valence-electron chi connectivity index (χ0n) is 16.0. The van der Waals surface area contributed by atoms with Gasteiger partial charge >= 0.3 is 0 Å². The van der Waals surface area contributed by atoms with Gasteiger partial charge in [-0.15, -0.1) is 0 Å². The molecule has 2 aromatic rings. The molecule has 6 nitrogen and oxygen atoms in total. The van der Waals surface area contributed by atoms with Crippen molar-refractivity contribution in [2.75, 3.05) is 16.8 Å². The average Bonchev–Trinajstić information content (AvgIpc) is 3.21. The number of benzene rings is 1. The molecule has 0 radical (unpaired) electrons. The number of nitriles is 1. The number of aromatic nitrogens is 1. The molecule has 1 N–H and O–H groups in total. The van der Waals surface area contributed by atoms with Crippen molar-refractivity contribution in [3.05, 3.63) is 47.7 Å². The summed E-state index contributed by atoms with van der Waals surface area (Å²) in [7, 11) is 0. The molecule has 2 heterocycles. The van der Waals surface area contributed by atoms with Crippen LogP contribution in [-0.2, 0) is 21.5 Å². The zero-order chi connectivity index (χ0) is 19.6. The van der Waals surface area contributed by atoms with Crippen LogP contribution in [0.2, 0.25) is 0 Å². The summed E-state index contributed by atoms with van der Waals surface area (Å²) in [6, 6.07) is 11.3. The van der Waals surface area contributed by atoms with Crippen molar-refractivity contribution in [1.82, 2.24) is 4.57 Å². The van der Waals surface area contributed by atoms with Crippen LogP contribution in [0.5, 0.6) is 0 Å². The van der Waals surface area contributed by atoms with Gasteiger partial charge < -0.3 is 14.8 Å². The standard InChI is InChI=1S/C21H24N4O2/c1-21(2,3)25-14-16(13-22)11-18(25)23-19(26)12-15-6-8-17(9-7-15)24-10-4-5-20(24)27/h6-9,11,14H,4-5,10,12H2,1-3H3,(H,23,26). The highest BCUT2D eigenvalue weighted by molar-refractivity contribution is 5.95.